The van der Waals surface area contributed by atoms with Crippen LogP contribution in [0.4, 0.5) is 0 Å². The Morgan fingerprint density at radius 3 is 2.78 bits per heavy atom. The van der Waals surface area contributed by atoms with E-state index in [0.29, 0.717) is 11.4 Å². The van der Waals surface area contributed by atoms with Crippen LogP contribution in [0.25, 0.3) is 5.82 Å². The van der Waals surface area contributed by atoms with Crippen molar-refractivity contribution in [3.05, 3.63) is 40.3 Å². The fraction of sp³-hybridized carbons (Fsp3) is 0.357. The highest BCUT2D eigenvalue weighted by molar-refractivity contribution is 5.48. The van der Waals surface area contributed by atoms with E-state index in [9.17, 15) is 5.26 Å². The second-order valence-corrected chi connectivity index (χ2v) is 4.77. The van der Waals surface area contributed by atoms with Crippen LogP contribution in [0.2, 0.25) is 0 Å². The van der Waals surface area contributed by atoms with E-state index in [1.807, 2.05) is 26.0 Å². The third-order valence-corrected chi connectivity index (χ3v) is 3.36. The van der Waals surface area contributed by atoms with Crippen molar-refractivity contribution in [2.45, 2.75) is 33.1 Å². The molecule has 0 aliphatic heterocycles. The van der Waals surface area contributed by atoms with E-state index in [1.165, 1.54) is 5.56 Å². The van der Waals surface area contributed by atoms with E-state index in [2.05, 4.69) is 16.2 Å². The molecular formula is C14H14N4. The summed E-state index contributed by atoms with van der Waals surface area (Å²) in [4.78, 5) is 4.65. The van der Waals surface area contributed by atoms with Crippen LogP contribution in [-0.4, -0.2) is 14.8 Å². The second-order valence-electron chi connectivity index (χ2n) is 4.77. The lowest BCUT2D eigenvalue weighted by Gasteiger charge is -2.08. The maximum Gasteiger partial charge on any atom is 0.171 e. The summed E-state index contributed by atoms with van der Waals surface area (Å²) in [5.74, 6) is 0.670. The Morgan fingerprint density at radius 1 is 1.28 bits per heavy atom. The minimum absolute atomic E-state index is 0.613. The lowest BCUT2D eigenvalue weighted by Crippen LogP contribution is -2.07. The molecule has 0 radical (unpaired) electrons. The number of nitrogens with zero attached hydrogens (tertiary/aromatic N) is 4. The maximum absolute atomic E-state index is 9.28. The van der Waals surface area contributed by atoms with E-state index in [1.54, 1.807) is 4.68 Å². The number of aryl methyl sites for hydroxylation is 4. The SMILES string of the molecule is Cc1cc(C)n(-c2nc3c(cc2C#N)CCC3)n1. The first-order valence-corrected chi connectivity index (χ1v) is 6.15. The fourth-order valence-electron chi connectivity index (χ4n) is 2.55. The van der Waals surface area contributed by atoms with Gasteiger partial charge in [0.25, 0.3) is 0 Å². The molecule has 1 aliphatic carbocycles. The van der Waals surface area contributed by atoms with Crippen LogP contribution in [0.1, 0.15) is 34.6 Å². The van der Waals surface area contributed by atoms with Crippen molar-refractivity contribution >= 4 is 0 Å². The van der Waals surface area contributed by atoms with Crippen LogP contribution < -0.4 is 0 Å². The quantitative estimate of drug-likeness (QED) is 0.765. The van der Waals surface area contributed by atoms with E-state index < -0.39 is 0 Å². The number of hydrogen-bond acceptors (Lipinski definition) is 3. The van der Waals surface area contributed by atoms with E-state index in [-0.39, 0.29) is 0 Å². The summed E-state index contributed by atoms with van der Waals surface area (Å²) in [7, 11) is 0. The first-order valence-electron chi connectivity index (χ1n) is 6.15. The van der Waals surface area contributed by atoms with Crippen molar-refractivity contribution in [1.29, 1.82) is 5.26 Å². The van der Waals surface area contributed by atoms with Gasteiger partial charge in [0.15, 0.2) is 5.82 Å². The number of hydrogen-bond donors (Lipinski definition) is 0. The Hall–Kier alpha value is -2.15. The van der Waals surface area contributed by atoms with E-state index in [4.69, 9.17) is 0 Å². The topological polar surface area (TPSA) is 54.5 Å². The predicted molar refractivity (Wildman–Crippen MR) is 67.6 cm³/mol. The lowest BCUT2D eigenvalue weighted by molar-refractivity contribution is 0.793. The molecule has 0 saturated heterocycles. The van der Waals surface area contributed by atoms with Crippen LogP contribution >= 0.6 is 0 Å². The Morgan fingerprint density at radius 2 is 2.11 bits per heavy atom. The van der Waals surface area contributed by atoms with Gasteiger partial charge in [-0.05, 0) is 50.8 Å². The summed E-state index contributed by atoms with van der Waals surface area (Å²) < 4.78 is 1.77. The molecule has 0 unspecified atom stereocenters. The number of fused-ring (bicyclic) bond motifs is 1. The molecule has 0 amide bonds. The summed E-state index contributed by atoms with van der Waals surface area (Å²) in [5.41, 5.74) is 4.91. The molecule has 0 saturated carbocycles. The van der Waals surface area contributed by atoms with Crippen molar-refractivity contribution in [2.24, 2.45) is 0 Å². The van der Waals surface area contributed by atoms with E-state index in [0.717, 1.165) is 36.3 Å². The van der Waals surface area contributed by atoms with Gasteiger partial charge >= 0.3 is 0 Å². The zero-order valence-electron chi connectivity index (χ0n) is 10.6. The highest BCUT2D eigenvalue weighted by Crippen LogP contribution is 2.24. The van der Waals surface area contributed by atoms with Crippen LogP contribution in [0, 0.1) is 25.2 Å². The second kappa shape index (κ2) is 3.95. The highest BCUT2D eigenvalue weighted by atomic mass is 15.3. The van der Waals surface area contributed by atoms with Gasteiger partial charge in [0.1, 0.15) is 6.07 Å². The number of nitriles is 1. The Kier molecular flexibility index (Phi) is 2.41. The Bertz CT molecular complexity index is 661. The molecule has 2 aromatic heterocycles. The van der Waals surface area contributed by atoms with Gasteiger partial charge in [-0.25, -0.2) is 9.67 Å². The third kappa shape index (κ3) is 1.60. The number of pyridine rings is 1. The molecule has 2 aromatic rings. The molecule has 3 rings (SSSR count). The van der Waals surface area contributed by atoms with Crippen LogP contribution in [0.3, 0.4) is 0 Å². The fourth-order valence-corrected chi connectivity index (χ4v) is 2.55. The number of aromatic nitrogens is 3. The minimum atomic E-state index is 0.613. The first-order chi connectivity index (χ1) is 8.69. The maximum atomic E-state index is 9.28. The van der Waals surface area contributed by atoms with Crippen molar-refractivity contribution in [2.75, 3.05) is 0 Å². The summed E-state index contributed by atoms with van der Waals surface area (Å²) >= 11 is 0. The van der Waals surface area contributed by atoms with Gasteiger partial charge in [-0.15, -0.1) is 0 Å². The summed E-state index contributed by atoms with van der Waals surface area (Å²) in [5, 5.41) is 13.7. The van der Waals surface area contributed by atoms with Gasteiger partial charge in [-0.2, -0.15) is 10.4 Å². The molecule has 0 bridgehead atoms. The predicted octanol–water partition coefficient (Wildman–Crippen LogP) is 2.24. The van der Waals surface area contributed by atoms with Crippen molar-refractivity contribution < 1.29 is 0 Å². The van der Waals surface area contributed by atoms with Gasteiger partial charge in [0.05, 0.1) is 11.3 Å². The summed E-state index contributed by atoms with van der Waals surface area (Å²) in [6.45, 7) is 3.93. The van der Waals surface area contributed by atoms with E-state index >= 15 is 0 Å². The largest absolute Gasteiger partial charge is 0.232 e. The standard InChI is InChI=1S/C14H14N4/c1-9-6-10(2)18(17-9)14-12(8-15)7-11-4-3-5-13(11)16-14/h6-7H,3-5H2,1-2H3. The Labute approximate surface area is 106 Å². The molecule has 2 heterocycles. The molecule has 1 aliphatic rings. The van der Waals surface area contributed by atoms with Crippen molar-refractivity contribution in [3.63, 3.8) is 0 Å². The average Bonchev–Trinajstić information content (AvgIpc) is 2.93. The smallest absolute Gasteiger partial charge is 0.171 e. The first kappa shape index (κ1) is 11.0. The molecule has 0 spiro atoms. The molecule has 0 aromatic carbocycles. The third-order valence-electron chi connectivity index (χ3n) is 3.36. The van der Waals surface area contributed by atoms with Gasteiger partial charge in [-0.3, -0.25) is 0 Å². The molecule has 4 nitrogen and oxygen atoms in total. The average molecular weight is 238 g/mol. The van der Waals surface area contributed by atoms with Gasteiger partial charge in [0.2, 0.25) is 0 Å². The van der Waals surface area contributed by atoms with Crippen molar-refractivity contribution in [1.82, 2.24) is 14.8 Å². The molecule has 90 valence electrons. The zero-order valence-corrected chi connectivity index (χ0v) is 10.6. The lowest BCUT2D eigenvalue weighted by atomic mass is 10.1. The van der Waals surface area contributed by atoms with Gasteiger partial charge in [0, 0.05) is 11.4 Å². The number of rotatable bonds is 1. The monoisotopic (exact) mass is 238 g/mol. The normalized spacial score (nSPS) is 13.4. The molecule has 18 heavy (non-hydrogen) atoms. The summed E-state index contributed by atoms with van der Waals surface area (Å²) in [6, 6.07) is 6.21. The van der Waals surface area contributed by atoms with Gasteiger partial charge in [-0.1, -0.05) is 0 Å². The summed E-state index contributed by atoms with van der Waals surface area (Å²) in [6.07, 6.45) is 3.18. The minimum Gasteiger partial charge on any atom is -0.232 e. The Balaban J connectivity index is 2.23. The molecule has 0 fully saturated rings. The van der Waals surface area contributed by atoms with Gasteiger partial charge < -0.3 is 0 Å². The highest BCUT2D eigenvalue weighted by Gasteiger charge is 2.18. The molecule has 0 N–H and O–H groups in total. The molecule has 4 heteroatoms. The van der Waals surface area contributed by atoms with Crippen LogP contribution in [-0.2, 0) is 12.8 Å². The van der Waals surface area contributed by atoms with Crippen molar-refractivity contribution in [3.8, 4) is 11.9 Å². The zero-order chi connectivity index (χ0) is 12.7. The molecule has 0 atom stereocenters. The van der Waals surface area contributed by atoms with Crippen LogP contribution in [0.5, 0.6) is 0 Å². The van der Waals surface area contributed by atoms with Crippen LogP contribution in [0.15, 0.2) is 12.1 Å². The molecular weight excluding hydrogens is 224 g/mol.